The minimum Gasteiger partial charge on any atom is -0.459 e. The first kappa shape index (κ1) is 14.1. The third-order valence-electron chi connectivity index (χ3n) is 3.83. The number of rotatable bonds is 4. The summed E-state index contributed by atoms with van der Waals surface area (Å²) in [5.74, 6) is 0.571. The number of nitrogens with two attached hydrogens (primary N) is 1. The topological polar surface area (TPSA) is 52.3 Å². The minimum atomic E-state index is -0.196. The summed E-state index contributed by atoms with van der Waals surface area (Å²) < 4.78 is 5.59. The zero-order valence-corrected chi connectivity index (χ0v) is 11.6. The van der Waals surface area contributed by atoms with Gasteiger partial charge in [0.25, 0.3) is 0 Å². The van der Waals surface area contributed by atoms with Crippen molar-refractivity contribution in [3.63, 3.8) is 0 Å². The van der Waals surface area contributed by atoms with E-state index in [0.717, 1.165) is 43.6 Å². The first-order valence-electron chi connectivity index (χ1n) is 7.19. The van der Waals surface area contributed by atoms with Crippen LogP contribution in [0.15, 0.2) is 24.3 Å². The molecule has 1 aliphatic rings. The van der Waals surface area contributed by atoms with E-state index >= 15 is 0 Å². The molecule has 19 heavy (non-hydrogen) atoms. The second-order valence-electron chi connectivity index (χ2n) is 5.53. The Morgan fingerprint density at radius 3 is 2.74 bits per heavy atom. The van der Waals surface area contributed by atoms with Gasteiger partial charge in [-0.3, -0.25) is 0 Å². The van der Waals surface area contributed by atoms with Crippen LogP contribution in [0.4, 0.5) is 0 Å². The maximum absolute atomic E-state index is 12.1. The van der Waals surface area contributed by atoms with Crippen molar-refractivity contribution >= 4 is 5.97 Å². The Bertz CT molecular complexity index is 423. The third kappa shape index (κ3) is 4.06. The predicted molar refractivity (Wildman–Crippen MR) is 76.0 cm³/mol. The number of hydrogen-bond donors (Lipinski definition) is 1. The molecule has 2 N–H and O–H groups in total. The zero-order valence-electron chi connectivity index (χ0n) is 11.6. The van der Waals surface area contributed by atoms with E-state index in [4.69, 9.17) is 10.5 Å². The van der Waals surface area contributed by atoms with Crippen molar-refractivity contribution in [2.45, 2.75) is 45.1 Å². The molecule has 104 valence electrons. The Morgan fingerprint density at radius 1 is 1.32 bits per heavy atom. The quantitative estimate of drug-likeness (QED) is 0.848. The summed E-state index contributed by atoms with van der Waals surface area (Å²) in [7, 11) is 0. The molecule has 0 atom stereocenters. The van der Waals surface area contributed by atoms with Gasteiger partial charge >= 0.3 is 5.97 Å². The molecule has 0 saturated heterocycles. The van der Waals surface area contributed by atoms with Crippen LogP contribution < -0.4 is 5.73 Å². The fourth-order valence-electron chi connectivity index (χ4n) is 2.59. The van der Waals surface area contributed by atoms with Crippen molar-refractivity contribution in [3.05, 3.63) is 35.4 Å². The highest BCUT2D eigenvalue weighted by Gasteiger charge is 2.22. The number of esters is 1. The van der Waals surface area contributed by atoms with E-state index in [1.54, 1.807) is 0 Å². The summed E-state index contributed by atoms with van der Waals surface area (Å²) in [6, 6.07) is 7.59. The second-order valence-corrected chi connectivity index (χ2v) is 5.53. The van der Waals surface area contributed by atoms with Crippen LogP contribution in [0.25, 0.3) is 0 Å². The molecule has 1 saturated carbocycles. The fourth-order valence-corrected chi connectivity index (χ4v) is 2.59. The van der Waals surface area contributed by atoms with Gasteiger partial charge in [-0.1, -0.05) is 19.1 Å². The number of carbonyl (C=O) groups is 1. The van der Waals surface area contributed by atoms with Gasteiger partial charge in [-0.25, -0.2) is 4.79 Å². The molecular formula is C16H23NO2. The van der Waals surface area contributed by atoms with Gasteiger partial charge in [0.2, 0.25) is 0 Å². The standard InChI is InChI=1S/C16H23NO2/c1-12-5-7-15(8-6-12)19-16(18)14-4-2-3-13(11-14)9-10-17/h2-4,11-12,15H,5-10,17H2,1H3. The Labute approximate surface area is 115 Å². The molecule has 1 aliphatic carbocycles. The highest BCUT2D eigenvalue weighted by molar-refractivity contribution is 5.89. The average Bonchev–Trinajstić information content (AvgIpc) is 2.42. The first-order valence-corrected chi connectivity index (χ1v) is 7.19. The number of hydrogen-bond acceptors (Lipinski definition) is 3. The third-order valence-corrected chi connectivity index (χ3v) is 3.83. The van der Waals surface area contributed by atoms with E-state index in [1.165, 1.54) is 0 Å². The van der Waals surface area contributed by atoms with E-state index in [-0.39, 0.29) is 12.1 Å². The predicted octanol–water partition coefficient (Wildman–Crippen LogP) is 2.92. The van der Waals surface area contributed by atoms with Crippen molar-refractivity contribution in [3.8, 4) is 0 Å². The van der Waals surface area contributed by atoms with Crippen LogP contribution in [-0.4, -0.2) is 18.6 Å². The first-order chi connectivity index (χ1) is 9.19. The molecule has 0 aliphatic heterocycles. The van der Waals surface area contributed by atoms with Gasteiger partial charge in [0, 0.05) is 0 Å². The highest BCUT2D eigenvalue weighted by Crippen LogP contribution is 2.26. The van der Waals surface area contributed by atoms with Gasteiger partial charge in [-0.15, -0.1) is 0 Å². The lowest BCUT2D eigenvalue weighted by Gasteiger charge is -2.26. The minimum absolute atomic E-state index is 0.0989. The summed E-state index contributed by atoms with van der Waals surface area (Å²) in [6.45, 7) is 2.85. The normalized spacial score (nSPS) is 23.1. The monoisotopic (exact) mass is 261 g/mol. The SMILES string of the molecule is CC1CCC(OC(=O)c2cccc(CCN)c2)CC1. The van der Waals surface area contributed by atoms with Gasteiger partial charge in [-0.2, -0.15) is 0 Å². The molecule has 3 nitrogen and oxygen atoms in total. The van der Waals surface area contributed by atoms with Crippen molar-refractivity contribution < 1.29 is 9.53 Å². The molecule has 0 radical (unpaired) electrons. The maximum Gasteiger partial charge on any atom is 0.338 e. The van der Waals surface area contributed by atoms with E-state index in [9.17, 15) is 4.79 Å². The van der Waals surface area contributed by atoms with Crippen molar-refractivity contribution in [2.75, 3.05) is 6.54 Å². The second kappa shape index (κ2) is 6.71. The molecule has 1 aromatic rings. The molecule has 2 rings (SSSR count). The summed E-state index contributed by atoms with van der Waals surface area (Å²) >= 11 is 0. The molecule has 0 amide bonds. The van der Waals surface area contributed by atoms with Crippen LogP contribution in [0.2, 0.25) is 0 Å². The van der Waals surface area contributed by atoms with E-state index in [1.807, 2.05) is 24.3 Å². The summed E-state index contributed by atoms with van der Waals surface area (Å²) in [5.41, 5.74) is 7.27. The molecule has 1 aromatic carbocycles. The average molecular weight is 261 g/mol. The zero-order chi connectivity index (χ0) is 13.7. The largest absolute Gasteiger partial charge is 0.459 e. The maximum atomic E-state index is 12.1. The van der Waals surface area contributed by atoms with Crippen molar-refractivity contribution in [2.24, 2.45) is 11.7 Å². The lowest BCUT2D eigenvalue weighted by molar-refractivity contribution is 0.0173. The van der Waals surface area contributed by atoms with Gasteiger partial charge in [0.15, 0.2) is 0 Å². The lowest BCUT2D eigenvalue weighted by Crippen LogP contribution is -2.23. The highest BCUT2D eigenvalue weighted by atomic mass is 16.5. The van der Waals surface area contributed by atoms with Gasteiger partial charge in [-0.05, 0) is 62.3 Å². The van der Waals surface area contributed by atoms with Gasteiger partial charge in [0.05, 0.1) is 5.56 Å². The van der Waals surface area contributed by atoms with Crippen LogP contribution in [-0.2, 0) is 11.2 Å². The molecule has 0 aromatic heterocycles. The van der Waals surface area contributed by atoms with E-state index in [0.29, 0.717) is 12.1 Å². The Balaban J connectivity index is 1.94. The van der Waals surface area contributed by atoms with Crippen LogP contribution in [0.3, 0.4) is 0 Å². The van der Waals surface area contributed by atoms with Crippen LogP contribution in [0.5, 0.6) is 0 Å². The number of ether oxygens (including phenoxy) is 1. The molecule has 0 spiro atoms. The summed E-state index contributed by atoms with van der Waals surface area (Å²) in [6.07, 6.45) is 5.20. The van der Waals surface area contributed by atoms with E-state index < -0.39 is 0 Å². The molecule has 0 heterocycles. The molecular weight excluding hydrogens is 238 g/mol. The fraction of sp³-hybridized carbons (Fsp3) is 0.562. The Morgan fingerprint density at radius 2 is 2.05 bits per heavy atom. The van der Waals surface area contributed by atoms with Crippen molar-refractivity contribution in [1.29, 1.82) is 0 Å². The van der Waals surface area contributed by atoms with Crippen LogP contribution in [0, 0.1) is 5.92 Å². The van der Waals surface area contributed by atoms with Crippen molar-refractivity contribution in [1.82, 2.24) is 0 Å². The molecule has 0 bridgehead atoms. The molecule has 1 fully saturated rings. The van der Waals surface area contributed by atoms with Gasteiger partial charge in [0.1, 0.15) is 6.10 Å². The molecule has 3 heteroatoms. The van der Waals surface area contributed by atoms with Crippen LogP contribution >= 0.6 is 0 Å². The Kier molecular flexibility index (Phi) is 4.97. The number of carbonyl (C=O) groups excluding carboxylic acids is 1. The van der Waals surface area contributed by atoms with Crippen LogP contribution in [0.1, 0.15) is 48.5 Å². The summed E-state index contributed by atoms with van der Waals surface area (Å²) in [5, 5.41) is 0. The summed E-state index contributed by atoms with van der Waals surface area (Å²) in [4.78, 5) is 12.1. The number of benzene rings is 1. The van der Waals surface area contributed by atoms with Gasteiger partial charge < -0.3 is 10.5 Å². The van der Waals surface area contributed by atoms with E-state index in [2.05, 4.69) is 6.92 Å². The lowest BCUT2D eigenvalue weighted by atomic mass is 9.89. The smallest absolute Gasteiger partial charge is 0.338 e. The Hall–Kier alpha value is -1.35. The molecule has 0 unspecified atom stereocenters.